The molecule has 0 spiro atoms. The number of benzene rings is 2. The van der Waals surface area contributed by atoms with Crippen LogP contribution < -0.4 is 5.43 Å². The molecule has 3 rings (SSSR count). The fraction of sp³-hybridized carbons (Fsp3) is 0. The predicted octanol–water partition coefficient (Wildman–Crippen LogP) is 2.34. The van der Waals surface area contributed by atoms with Crippen molar-refractivity contribution in [3.8, 4) is 11.5 Å². The van der Waals surface area contributed by atoms with Gasteiger partial charge in [0.1, 0.15) is 0 Å². The number of fused-ring (bicyclic) bond motifs is 1. The SMILES string of the molecule is O=C(N/N=C/c1cccc(O)c1O)c1cccc2cc[nH]c12. The van der Waals surface area contributed by atoms with Crippen LogP contribution in [0.2, 0.25) is 0 Å². The van der Waals surface area contributed by atoms with Crippen molar-refractivity contribution in [1.29, 1.82) is 0 Å². The van der Waals surface area contributed by atoms with Crippen LogP contribution in [0.15, 0.2) is 53.8 Å². The monoisotopic (exact) mass is 295 g/mol. The van der Waals surface area contributed by atoms with Gasteiger partial charge in [0.15, 0.2) is 11.5 Å². The van der Waals surface area contributed by atoms with Crippen LogP contribution in [-0.2, 0) is 0 Å². The van der Waals surface area contributed by atoms with E-state index in [0.717, 1.165) is 10.9 Å². The van der Waals surface area contributed by atoms with Gasteiger partial charge in [-0.1, -0.05) is 18.2 Å². The maximum absolute atomic E-state index is 12.1. The second-order valence-corrected chi connectivity index (χ2v) is 4.66. The van der Waals surface area contributed by atoms with Crippen LogP contribution in [0.25, 0.3) is 10.9 Å². The first kappa shape index (κ1) is 13.7. The zero-order valence-corrected chi connectivity index (χ0v) is 11.4. The van der Waals surface area contributed by atoms with Gasteiger partial charge in [-0.2, -0.15) is 5.10 Å². The Bertz CT molecular complexity index is 868. The van der Waals surface area contributed by atoms with Crippen molar-refractivity contribution in [3.05, 3.63) is 59.8 Å². The standard InChI is InChI=1S/C16H13N3O3/c20-13-6-2-4-11(15(13)21)9-18-19-16(22)12-5-1-3-10-7-8-17-14(10)12/h1-9,17,20-21H,(H,19,22)/b18-9+. The van der Waals surface area contributed by atoms with E-state index in [0.29, 0.717) is 11.1 Å². The van der Waals surface area contributed by atoms with Crippen LogP contribution in [0.3, 0.4) is 0 Å². The molecule has 0 radical (unpaired) electrons. The Kier molecular flexibility index (Phi) is 3.49. The Hall–Kier alpha value is -3.28. The molecular weight excluding hydrogens is 282 g/mol. The van der Waals surface area contributed by atoms with Crippen molar-refractivity contribution in [2.24, 2.45) is 5.10 Å². The number of rotatable bonds is 3. The van der Waals surface area contributed by atoms with Crippen LogP contribution in [0.4, 0.5) is 0 Å². The Morgan fingerprint density at radius 1 is 1.14 bits per heavy atom. The van der Waals surface area contributed by atoms with Crippen LogP contribution in [0, 0.1) is 0 Å². The van der Waals surface area contributed by atoms with Crippen molar-refractivity contribution in [1.82, 2.24) is 10.4 Å². The van der Waals surface area contributed by atoms with Gasteiger partial charge in [-0.3, -0.25) is 4.79 Å². The van der Waals surface area contributed by atoms with Crippen molar-refractivity contribution in [2.75, 3.05) is 0 Å². The number of hydrogen-bond acceptors (Lipinski definition) is 4. The molecule has 6 heteroatoms. The summed E-state index contributed by atoms with van der Waals surface area (Å²) in [4.78, 5) is 15.1. The van der Waals surface area contributed by atoms with E-state index in [4.69, 9.17) is 0 Å². The number of hydrazone groups is 1. The third kappa shape index (κ3) is 2.49. The second kappa shape index (κ2) is 5.61. The number of phenolic OH excluding ortho intramolecular Hbond substituents is 2. The number of aromatic hydroxyl groups is 2. The van der Waals surface area contributed by atoms with Gasteiger partial charge in [0.2, 0.25) is 0 Å². The molecule has 2 aromatic carbocycles. The third-order valence-electron chi connectivity index (χ3n) is 3.25. The van der Waals surface area contributed by atoms with E-state index >= 15 is 0 Å². The maximum atomic E-state index is 12.1. The Labute approximate surface area is 125 Å². The molecule has 1 aromatic heterocycles. The van der Waals surface area contributed by atoms with Crippen molar-refractivity contribution in [3.63, 3.8) is 0 Å². The predicted molar refractivity (Wildman–Crippen MR) is 83.1 cm³/mol. The lowest BCUT2D eigenvalue weighted by molar-refractivity contribution is 0.0956. The molecule has 0 atom stereocenters. The lowest BCUT2D eigenvalue weighted by Crippen LogP contribution is -2.18. The molecule has 0 unspecified atom stereocenters. The highest BCUT2D eigenvalue weighted by Gasteiger charge is 2.09. The fourth-order valence-corrected chi connectivity index (χ4v) is 2.15. The third-order valence-corrected chi connectivity index (χ3v) is 3.25. The lowest BCUT2D eigenvalue weighted by Gasteiger charge is -2.03. The zero-order chi connectivity index (χ0) is 15.5. The van der Waals surface area contributed by atoms with Gasteiger partial charge in [0, 0.05) is 17.1 Å². The summed E-state index contributed by atoms with van der Waals surface area (Å²) >= 11 is 0. The Morgan fingerprint density at radius 2 is 1.95 bits per heavy atom. The van der Waals surface area contributed by atoms with E-state index < -0.39 is 0 Å². The first-order valence-corrected chi connectivity index (χ1v) is 6.57. The molecule has 0 fully saturated rings. The maximum Gasteiger partial charge on any atom is 0.273 e. The van der Waals surface area contributed by atoms with E-state index in [9.17, 15) is 15.0 Å². The molecule has 0 aliphatic carbocycles. The van der Waals surface area contributed by atoms with Gasteiger partial charge in [-0.05, 0) is 24.3 Å². The van der Waals surface area contributed by atoms with E-state index in [-0.39, 0.29) is 17.4 Å². The van der Waals surface area contributed by atoms with Gasteiger partial charge in [0.25, 0.3) is 5.91 Å². The minimum absolute atomic E-state index is 0.244. The molecule has 0 saturated carbocycles. The number of aromatic amines is 1. The molecule has 1 heterocycles. The van der Waals surface area contributed by atoms with Gasteiger partial charge in [-0.15, -0.1) is 0 Å². The molecule has 4 N–H and O–H groups in total. The highest BCUT2D eigenvalue weighted by atomic mass is 16.3. The molecule has 0 bridgehead atoms. The topological polar surface area (TPSA) is 97.7 Å². The van der Waals surface area contributed by atoms with Gasteiger partial charge in [0.05, 0.1) is 17.3 Å². The van der Waals surface area contributed by atoms with Crippen LogP contribution in [0.1, 0.15) is 15.9 Å². The minimum Gasteiger partial charge on any atom is -0.504 e. The van der Waals surface area contributed by atoms with E-state index in [1.165, 1.54) is 12.3 Å². The number of nitrogens with zero attached hydrogens (tertiary/aromatic N) is 1. The molecule has 0 aliphatic rings. The van der Waals surface area contributed by atoms with Crippen LogP contribution in [-0.4, -0.2) is 27.3 Å². The number of H-pyrrole nitrogens is 1. The number of aromatic nitrogens is 1. The summed E-state index contributed by atoms with van der Waals surface area (Å²) in [5.41, 5.74) is 3.90. The van der Waals surface area contributed by atoms with E-state index in [1.54, 1.807) is 30.5 Å². The summed E-state index contributed by atoms with van der Waals surface area (Å²) in [6.07, 6.45) is 3.03. The summed E-state index contributed by atoms with van der Waals surface area (Å²) < 4.78 is 0. The van der Waals surface area contributed by atoms with E-state index in [1.807, 2.05) is 12.1 Å². The van der Waals surface area contributed by atoms with Crippen molar-refractivity contribution in [2.45, 2.75) is 0 Å². The quantitative estimate of drug-likeness (QED) is 0.339. The van der Waals surface area contributed by atoms with Gasteiger partial charge in [-0.25, -0.2) is 5.43 Å². The number of carbonyl (C=O) groups is 1. The second-order valence-electron chi connectivity index (χ2n) is 4.66. The number of para-hydroxylation sites is 2. The minimum atomic E-state index is -0.371. The molecular formula is C16H13N3O3. The number of amides is 1. The van der Waals surface area contributed by atoms with E-state index in [2.05, 4.69) is 15.5 Å². The Morgan fingerprint density at radius 3 is 2.82 bits per heavy atom. The molecule has 110 valence electrons. The summed E-state index contributed by atoms with van der Waals surface area (Å²) in [5, 5.41) is 23.7. The molecule has 6 nitrogen and oxygen atoms in total. The summed E-state index contributed by atoms with van der Waals surface area (Å²) in [7, 11) is 0. The largest absolute Gasteiger partial charge is 0.504 e. The summed E-state index contributed by atoms with van der Waals surface area (Å²) in [6.45, 7) is 0. The van der Waals surface area contributed by atoms with Crippen LogP contribution >= 0.6 is 0 Å². The average Bonchev–Trinajstić information content (AvgIpc) is 2.99. The highest BCUT2D eigenvalue weighted by Crippen LogP contribution is 2.26. The molecule has 22 heavy (non-hydrogen) atoms. The highest BCUT2D eigenvalue weighted by molar-refractivity contribution is 6.05. The molecule has 0 saturated heterocycles. The summed E-state index contributed by atoms with van der Waals surface area (Å²) in [6, 6.07) is 11.7. The zero-order valence-electron chi connectivity index (χ0n) is 11.4. The normalized spacial score (nSPS) is 11.1. The first-order valence-electron chi connectivity index (χ1n) is 6.57. The molecule has 0 aliphatic heterocycles. The lowest BCUT2D eigenvalue weighted by atomic mass is 10.1. The first-order chi connectivity index (χ1) is 10.7. The fourth-order valence-electron chi connectivity index (χ4n) is 2.15. The Balaban J connectivity index is 1.79. The van der Waals surface area contributed by atoms with Gasteiger partial charge >= 0.3 is 0 Å². The van der Waals surface area contributed by atoms with Gasteiger partial charge < -0.3 is 15.2 Å². The smallest absolute Gasteiger partial charge is 0.273 e. The number of phenols is 2. The number of hydrogen-bond donors (Lipinski definition) is 4. The van der Waals surface area contributed by atoms with Crippen molar-refractivity contribution < 1.29 is 15.0 Å². The number of nitrogens with one attached hydrogen (secondary N) is 2. The molecule has 3 aromatic rings. The summed E-state index contributed by atoms with van der Waals surface area (Å²) in [5.74, 6) is -0.901. The molecule has 1 amide bonds. The van der Waals surface area contributed by atoms with Crippen molar-refractivity contribution >= 4 is 23.0 Å². The van der Waals surface area contributed by atoms with Crippen LogP contribution in [0.5, 0.6) is 11.5 Å². The average molecular weight is 295 g/mol. The number of carbonyl (C=O) groups excluding carboxylic acids is 1.